The highest BCUT2D eigenvalue weighted by atomic mass is 32.2. The molecule has 29 heavy (non-hydrogen) atoms. The molecule has 0 bridgehead atoms. The van der Waals surface area contributed by atoms with Gasteiger partial charge in [0.15, 0.2) is 6.61 Å². The number of rotatable bonds is 5. The second kappa shape index (κ2) is 8.63. The van der Waals surface area contributed by atoms with E-state index in [0.29, 0.717) is 16.6 Å². The Hall–Kier alpha value is -3.57. The number of amides is 1. The Morgan fingerprint density at radius 3 is 2.55 bits per heavy atom. The lowest BCUT2D eigenvalue weighted by atomic mass is 10.1. The summed E-state index contributed by atoms with van der Waals surface area (Å²) < 4.78 is 5.12. The van der Waals surface area contributed by atoms with Crippen LogP contribution in [0.1, 0.15) is 21.5 Å². The number of nitrogens with zero attached hydrogens (tertiary/aromatic N) is 1. The summed E-state index contributed by atoms with van der Waals surface area (Å²) in [7, 11) is 0. The van der Waals surface area contributed by atoms with Crippen molar-refractivity contribution in [3.63, 3.8) is 0 Å². The molecule has 3 aromatic rings. The molecule has 0 radical (unpaired) electrons. The van der Waals surface area contributed by atoms with Crippen molar-refractivity contribution < 1.29 is 14.3 Å². The number of carbonyl (C=O) groups excluding carboxylic acids is 2. The molecule has 2 aromatic carbocycles. The van der Waals surface area contributed by atoms with E-state index >= 15 is 0 Å². The number of thiocyanates is 1. The first-order valence-electron chi connectivity index (χ1n) is 8.65. The van der Waals surface area contributed by atoms with Crippen LogP contribution in [0.2, 0.25) is 0 Å². The van der Waals surface area contributed by atoms with Crippen LogP contribution in [0.15, 0.2) is 52.2 Å². The molecule has 0 unspecified atom stereocenters. The molecule has 1 heterocycles. The van der Waals surface area contributed by atoms with Crippen molar-refractivity contribution in [1.82, 2.24) is 4.98 Å². The van der Waals surface area contributed by atoms with Crippen LogP contribution in [0.4, 0.5) is 5.69 Å². The molecule has 2 N–H and O–H groups in total. The number of para-hydroxylation sites is 1. The third kappa shape index (κ3) is 4.65. The van der Waals surface area contributed by atoms with Gasteiger partial charge in [-0.25, -0.2) is 4.79 Å². The molecule has 0 aliphatic rings. The molecule has 7 nitrogen and oxygen atoms in total. The normalized spacial score (nSPS) is 10.4. The maximum Gasteiger partial charge on any atom is 0.339 e. The fourth-order valence-corrected chi connectivity index (χ4v) is 3.57. The average Bonchev–Trinajstić information content (AvgIpc) is 2.68. The Labute approximate surface area is 170 Å². The van der Waals surface area contributed by atoms with Crippen LogP contribution in [0.5, 0.6) is 0 Å². The highest BCUT2D eigenvalue weighted by molar-refractivity contribution is 8.03. The van der Waals surface area contributed by atoms with Gasteiger partial charge in [0.05, 0.1) is 5.56 Å². The molecule has 1 amide bonds. The van der Waals surface area contributed by atoms with E-state index in [2.05, 4.69) is 10.3 Å². The number of benzene rings is 2. The fraction of sp³-hybridized carbons (Fsp3) is 0.143. The molecule has 0 spiro atoms. The van der Waals surface area contributed by atoms with Crippen molar-refractivity contribution in [2.45, 2.75) is 18.7 Å². The Balaban J connectivity index is 1.71. The summed E-state index contributed by atoms with van der Waals surface area (Å²) in [6, 6.07) is 11.6. The molecule has 0 aliphatic carbocycles. The minimum absolute atomic E-state index is 0.0994. The zero-order chi connectivity index (χ0) is 21.0. The first kappa shape index (κ1) is 20.2. The highest BCUT2D eigenvalue weighted by Gasteiger charge is 2.16. The predicted molar refractivity (Wildman–Crippen MR) is 111 cm³/mol. The first-order valence-corrected chi connectivity index (χ1v) is 9.47. The largest absolute Gasteiger partial charge is 0.452 e. The van der Waals surface area contributed by atoms with Gasteiger partial charge in [-0.15, -0.1) is 0 Å². The van der Waals surface area contributed by atoms with Crippen molar-refractivity contribution in [3.05, 3.63) is 69.5 Å². The number of nitrogens with one attached hydrogen (secondary N) is 2. The zero-order valence-electron chi connectivity index (χ0n) is 15.7. The standard InChI is InChI=1S/C21H17N3O4S/c1-12-7-14(29-11-22)8-13(2)20(12)24-19(26)10-28-21(27)16-9-18(25)23-17-6-4-3-5-15(16)17/h3-9H,10H2,1-2H3,(H,23,25)(H,24,26). The molecular formula is C21H17N3O4S. The molecule has 8 heteroatoms. The van der Waals surface area contributed by atoms with E-state index in [9.17, 15) is 14.4 Å². The van der Waals surface area contributed by atoms with E-state index in [-0.39, 0.29) is 5.56 Å². The van der Waals surface area contributed by atoms with Gasteiger partial charge in [-0.1, -0.05) is 18.2 Å². The minimum Gasteiger partial charge on any atom is -0.452 e. The summed E-state index contributed by atoms with van der Waals surface area (Å²) >= 11 is 1.04. The number of hydrogen-bond donors (Lipinski definition) is 2. The molecule has 0 atom stereocenters. The topological polar surface area (TPSA) is 112 Å². The zero-order valence-corrected chi connectivity index (χ0v) is 16.6. The van der Waals surface area contributed by atoms with Crippen LogP contribution in [0, 0.1) is 24.5 Å². The molecule has 0 fully saturated rings. The van der Waals surface area contributed by atoms with E-state index < -0.39 is 24.0 Å². The number of H-pyrrole nitrogens is 1. The fourth-order valence-electron chi connectivity index (χ4n) is 2.99. The van der Waals surface area contributed by atoms with Crippen LogP contribution in [-0.4, -0.2) is 23.5 Å². The maximum absolute atomic E-state index is 12.4. The number of hydrogen-bond acceptors (Lipinski definition) is 6. The van der Waals surface area contributed by atoms with Gasteiger partial charge in [0.2, 0.25) is 5.56 Å². The molecule has 0 saturated heterocycles. The van der Waals surface area contributed by atoms with Gasteiger partial charge in [0.1, 0.15) is 5.40 Å². The number of anilines is 1. The predicted octanol–water partition coefficient (Wildman–Crippen LogP) is 3.51. The lowest BCUT2D eigenvalue weighted by Gasteiger charge is -2.13. The Bertz CT molecular complexity index is 1190. The minimum atomic E-state index is -0.753. The Morgan fingerprint density at radius 2 is 1.86 bits per heavy atom. The third-order valence-corrected chi connectivity index (χ3v) is 4.80. The van der Waals surface area contributed by atoms with Crippen molar-refractivity contribution >= 4 is 40.2 Å². The summed E-state index contributed by atoms with van der Waals surface area (Å²) in [5.74, 6) is -1.25. The van der Waals surface area contributed by atoms with Crippen LogP contribution >= 0.6 is 11.8 Å². The quantitative estimate of drug-likeness (QED) is 0.380. The number of pyridine rings is 1. The number of thioether (sulfide) groups is 1. The van der Waals surface area contributed by atoms with E-state index in [1.165, 1.54) is 0 Å². The smallest absolute Gasteiger partial charge is 0.339 e. The maximum atomic E-state index is 12.4. The van der Waals surface area contributed by atoms with Gasteiger partial charge in [-0.05, 0) is 54.9 Å². The number of nitriles is 1. The van der Waals surface area contributed by atoms with Gasteiger partial charge in [0.25, 0.3) is 5.91 Å². The third-order valence-electron chi connectivity index (χ3n) is 4.24. The monoisotopic (exact) mass is 407 g/mol. The van der Waals surface area contributed by atoms with Crippen LogP contribution in [0.3, 0.4) is 0 Å². The summed E-state index contributed by atoms with van der Waals surface area (Å²) in [4.78, 5) is 39.9. The summed E-state index contributed by atoms with van der Waals surface area (Å²) in [6.45, 7) is 3.14. The van der Waals surface area contributed by atoms with E-state index in [0.717, 1.165) is 33.9 Å². The number of esters is 1. The second-order valence-electron chi connectivity index (χ2n) is 6.34. The van der Waals surface area contributed by atoms with E-state index in [4.69, 9.17) is 10.00 Å². The van der Waals surface area contributed by atoms with Crippen molar-refractivity contribution in [2.75, 3.05) is 11.9 Å². The number of carbonyl (C=O) groups is 2. The second-order valence-corrected chi connectivity index (χ2v) is 7.20. The van der Waals surface area contributed by atoms with Gasteiger partial charge in [-0.3, -0.25) is 9.59 Å². The van der Waals surface area contributed by atoms with Gasteiger partial charge < -0.3 is 15.0 Å². The van der Waals surface area contributed by atoms with Crippen LogP contribution in [-0.2, 0) is 9.53 Å². The highest BCUT2D eigenvalue weighted by Crippen LogP contribution is 2.27. The van der Waals surface area contributed by atoms with E-state index in [1.807, 2.05) is 19.2 Å². The van der Waals surface area contributed by atoms with Crippen LogP contribution < -0.4 is 10.9 Å². The van der Waals surface area contributed by atoms with E-state index in [1.54, 1.807) is 36.4 Å². The van der Waals surface area contributed by atoms with Crippen molar-refractivity contribution in [2.24, 2.45) is 0 Å². The lowest BCUT2D eigenvalue weighted by Crippen LogP contribution is -2.22. The molecule has 1 aromatic heterocycles. The molecular weight excluding hydrogens is 390 g/mol. The van der Waals surface area contributed by atoms with Gasteiger partial charge in [-0.2, -0.15) is 5.26 Å². The average molecular weight is 407 g/mol. The van der Waals surface area contributed by atoms with Crippen molar-refractivity contribution in [1.29, 1.82) is 5.26 Å². The van der Waals surface area contributed by atoms with Gasteiger partial charge in [0, 0.05) is 27.6 Å². The van der Waals surface area contributed by atoms with Crippen LogP contribution in [0.25, 0.3) is 10.9 Å². The number of fused-ring (bicyclic) bond motifs is 1. The number of aryl methyl sites for hydroxylation is 2. The first-order chi connectivity index (χ1) is 13.9. The summed E-state index contributed by atoms with van der Waals surface area (Å²) in [6.07, 6.45) is 0. The van der Waals surface area contributed by atoms with Crippen molar-refractivity contribution in [3.8, 4) is 5.40 Å². The Kier molecular flexibility index (Phi) is 6.00. The summed E-state index contributed by atoms with van der Waals surface area (Å²) in [5, 5.41) is 14.1. The number of aromatic nitrogens is 1. The molecule has 0 saturated carbocycles. The van der Waals surface area contributed by atoms with Gasteiger partial charge >= 0.3 is 5.97 Å². The lowest BCUT2D eigenvalue weighted by molar-refractivity contribution is -0.119. The number of aromatic amines is 1. The Morgan fingerprint density at radius 1 is 1.17 bits per heavy atom. The summed E-state index contributed by atoms with van der Waals surface area (Å²) in [5.41, 5.74) is 2.38. The molecule has 3 rings (SSSR count). The molecule has 146 valence electrons. The SMILES string of the molecule is Cc1cc(SC#N)cc(C)c1NC(=O)COC(=O)c1cc(=O)[nH]c2ccccc12. The number of ether oxygens (including phenoxy) is 1. The molecule has 0 aliphatic heterocycles.